The van der Waals surface area contributed by atoms with E-state index in [0.29, 0.717) is 35.2 Å². The maximum Gasteiger partial charge on any atom is 0.326 e. The number of benzene rings is 1. The molecule has 1 N–H and O–H groups in total. The van der Waals surface area contributed by atoms with E-state index in [1.54, 1.807) is 24.3 Å². The molecule has 0 atom stereocenters. The maximum atomic E-state index is 13.0. The lowest BCUT2D eigenvalue weighted by Gasteiger charge is -2.40. The molecule has 1 aliphatic carbocycles. The van der Waals surface area contributed by atoms with Crippen molar-refractivity contribution in [1.82, 2.24) is 20.4 Å². The van der Waals surface area contributed by atoms with Crippen LogP contribution in [0.1, 0.15) is 52.3 Å². The molecule has 0 radical (unpaired) electrons. The summed E-state index contributed by atoms with van der Waals surface area (Å²) in [6.07, 6.45) is 2.84. The number of carbonyl (C=O) groups is 3. The standard InChI is InChI=1S/C23H27ClN4O5/c1-22(2,3)15-8-10-23(11-9-15)20(30)28(21(31)26-23)12-18(29)32-13-17-25-19(27-33-17)14-4-6-16(24)7-5-14/h4-7,15H,8-13H2,1-3H3,(H,26,31). The van der Waals surface area contributed by atoms with E-state index >= 15 is 0 Å². The lowest BCUT2D eigenvalue weighted by molar-refractivity contribution is -0.149. The van der Waals surface area contributed by atoms with E-state index in [2.05, 4.69) is 36.2 Å². The Morgan fingerprint density at radius 2 is 1.91 bits per heavy atom. The second kappa shape index (κ2) is 8.78. The number of esters is 1. The van der Waals surface area contributed by atoms with Crippen molar-refractivity contribution in [2.75, 3.05) is 6.54 Å². The molecule has 1 saturated heterocycles. The Balaban J connectivity index is 1.31. The van der Waals surface area contributed by atoms with Gasteiger partial charge in [-0.15, -0.1) is 0 Å². The van der Waals surface area contributed by atoms with Crippen LogP contribution >= 0.6 is 11.6 Å². The lowest BCUT2D eigenvalue weighted by atomic mass is 9.67. The topological polar surface area (TPSA) is 115 Å². The number of urea groups is 1. The van der Waals surface area contributed by atoms with E-state index in [1.807, 2.05) is 0 Å². The van der Waals surface area contributed by atoms with Gasteiger partial charge < -0.3 is 14.6 Å². The van der Waals surface area contributed by atoms with E-state index in [1.165, 1.54) is 0 Å². The summed E-state index contributed by atoms with van der Waals surface area (Å²) in [5.41, 5.74) is -0.0654. The van der Waals surface area contributed by atoms with Crippen molar-refractivity contribution in [3.63, 3.8) is 0 Å². The first-order chi connectivity index (χ1) is 15.6. The summed E-state index contributed by atoms with van der Waals surface area (Å²) in [6.45, 7) is 5.84. The van der Waals surface area contributed by atoms with Gasteiger partial charge in [-0.1, -0.05) is 37.5 Å². The van der Waals surface area contributed by atoms with Crippen LogP contribution in [0.4, 0.5) is 4.79 Å². The van der Waals surface area contributed by atoms with Crippen LogP contribution in [-0.4, -0.2) is 45.0 Å². The average Bonchev–Trinajstić information content (AvgIpc) is 3.32. The second-order valence-electron chi connectivity index (χ2n) is 9.72. The normalized spacial score (nSPS) is 23.2. The number of nitrogens with one attached hydrogen (secondary N) is 1. The summed E-state index contributed by atoms with van der Waals surface area (Å²) in [6, 6.07) is 6.33. The lowest BCUT2D eigenvalue weighted by Crippen LogP contribution is -2.50. The average molecular weight is 475 g/mol. The summed E-state index contributed by atoms with van der Waals surface area (Å²) in [4.78, 5) is 42.9. The van der Waals surface area contributed by atoms with E-state index in [4.69, 9.17) is 20.9 Å². The summed E-state index contributed by atoms with van der Waals surface area (Å²) in [7, 11) is 0. The molecule has 2 aliphatic rings. The summed E-state index contributed by atoms with van der Waals surface area (Å²) >= 11 is 5.87. The van der Waals surface area contributed by atoms with E-state index < -0.39 is 24.1 Å². The second-order valence-corrected chi connectivity index (χ2v) is 10.2. The predicted octanol–water partition coefficient (Wildman–Crippen LogP) is 3.96. The van der Waals surface area contributed by atoms with Gasteiger partial charge in [0.1, 0.15) is 12.1 Å². The number of carbonyl (C=O) groups excluding carboxylic acids is 3. The number of aromatic nitrogens is 2. The molecule has 2 fully saturated rings. The molecule has 1 aromatic heterocycles. The molecule has 1 saturated carbocycles. The molecule has 3 amide bonds. The highest BCUT2D eigenvalue weighted by atomic mass is 35.5. The highest BCUT2D eigenvalue weighted by Crippen LogP contribution is 2.43. The first kappa shape index (κ1) is 23.2. The van der Waals surface area contributed by atoms with Gasteiger partial charge in [-0.2, -0.15) is 4.98 Å². The third-order valence-corrected chi connectivity index (χ3v) is 6.78. The van der Waals surface area contributed by atoms with Crippen LogP contribution in [0.25, 0.3) is 11.4 Å². The Morgan fingerprint density at radius 1 is 1.24 bits per heavy atom. The minimum Gasteiger partial charge on any atom is -0.454 e. The van der Waals surface area contributed by atoms with Gasteiger partial charge in [0.2, 0.25) is 5.82 Å². The van der Waals surface area contributed by atoms with E-state index in [0.717, 1.165) is 17.7 Å². The highest BCUT2D eigenvalue weighted by molar-refractivity contribution is 6.30. The molecular weight excluding hydrogens is 448 g/mol. The summed E-state index contributed by atoms with van der Waals surface area (Å²) in [5, 5.41) is 7.26. The molecule has 0 bridgehead atoms. The Hall–Kier alpha value is -2.94. The monoisotopic (exact) mass is 474 g/mol. The number of hydrogen-bond donors (Lipinski definition) is 1. The zero-order valence-electron chi connectivity index (χ0n) is 18.9. The molecule has 1 aromatic carbocycles. The zero-order valence-corrected chi connectivity index (χ0v) is 19.6. The van der Waals surface area contributed by atoms with Gasteiger partial charge in [0.25, 0.3) is 11.8 Å². The van der Waals surface area contributed by atoms with Crippen molar-refractivity contribution in [2.45, 2.75) is 58.6 Å². The van der Waals surface area contributed by atoms with Crippen LogP contribution < -0.4 is 5.32 Å². The third-order valence-electron chi connectivity index (χ3n) is 6.52. The van der Waals surface area contributed by atoms with E-state index in [-0.39, 0.29) is 23.8 Å². The van der Waals surface area contributed by atoms with Crippen LogP contribution in [0, 0.1) is 11.3 Å². The summed E-state index contributed by atoms with van der Waals surface area (Å²) < 4.78 is 10.3. The van der Waals surface area contributed by atoms with Gasteiger partial charge in [0.05, 0.1) is 0 Å². The predicted molar refractivity (Wildman–Crippen MR) is 119 cm³/mol. The number of halogens is 1. The van der Waals surface area contributed by atoms with Gasteiger partial charge in [0.15, 0.2) is 6.61 Å². The Kier molecular flexibility index (Phi) is 6.18. The molecule has 176 valence electrons. The van der Waals surface area contributed by atoms with Gasteiger partial charge in [-0.05, 0) is 61.3 Å². The molecule has 0 unspecified atom stereocenters. The molecule has 2 aromatic rings. The number of nitrogens with zero attached hydrogens (tertiary/aromatic N) is 3. The molecule has 33 heavy (non-hydrogen) atoms. The molecular formula is C23H27ClN4O5. The van der Waals surface area contributed by atoms with Crippen LogP contribution in [0.5, 0.6) is 0 Å². The molecule has 10 heteroatoms. The molecule has 1 spiro atoms. The first-order valence-corrected chi connectivity index (χ1v) is 11.3. The Labute approximate surface area is 196 Å². The van der Waals surface area contributed by atoms with Crippen LogP contribution in [-0.2, 0) is 20.9 Å². The molecule has 2 heterocycles. The first-order valence-electron chi connectivity index (χ1n) is 11.0. The van der Waals surface area contributed by atoms with Crippen molar-refractivity contribution in [3.8, 4) is 11.4 Å². The number of rotatable bonds is 5. The quantitative estimate of drug-likeness (QED) is 0.515. The molecule has 4 rings (SSSR count). The Morgan fingerprint density at radius 3 is 2.55 bits per heavy atom. The van der Waals surface area contributed by atoms with Crippen LogP contribution in [0.3, 0.4) is 0 Å². The number of hydrogen-bond acceptors (Lipinski definition) is 7. The molecule has 9 nitrogen and oxygen atoms in total. The van der Waals surface area contributed by atoms with Gasteiger partial charge in [-0.3, -0.25) is 14.5 Å². The van der Waals surface area contributed by atoms with Gasteiger partial charge in [-0.25, -0.2) is 4.79 Å². The van der Waals surface area contributed by atoms with Crippen LogP contribution in [0.2, 0.25) is 5.02 Å². The molecule has 1 aliphatic heterocycles. The van der Waals surface area contributed by atoms with Gasteiger partial charge in [0, 0.05) is 10.6 Å². The SMILES string of the molecule is CC(C)(C)C1CCC2(CC1)NC(=O)N(CC(=O)OCc1nc(-c3ccc(Cl)cc3)no1)C2=O. The minimum atomic E-state index is -0.918. The van der Waals surface area contributed by atoms with Crippen molar-refractivity contribution in [1.29, 1.82) is 0 Å². The fraction of sp³-hybridized carbons (Fsp3) is 0.522. The smallest absolute Gasteiger partial charge is 0.326 e. The van der Waals surface area contributed by atoms with Gasteiger partial charge >= 0.3 is 12.0 Å². The van der Waals surface area contributed by atoms with Crippen molar-refractivity contribution >= 4 is 29.5 Å². The number of ether oxygens (including phenoxy) is 1. The zero-order chi connectivity index (χ0) is 23.8. The number of imide groups is 1. The largest absolute Gasteiger partial charge is 0.454 e. The summed E-state index contributed by atoms with van der Waals surface area (Å²) in [5.74, 6) is -0.175. The van der Waals surface area contributed by atoms with E-state index in [9.17, 15) is 14.4 Å². The van der Waals surface area contributed by atoms with Crippen molar-refractivity contribution in [2.24, 2.45) is 11.3 Å². The fourth-order valence-electron chi connectivity index (χ4n) is 4.48. The minimum absolute atomic E-state index is 0.0995. The third kappa shape index (κ3) is 4.88. The van der Waals surface area contributed by atoms with Crippen molar-refractivity contribution < 1.29 is 23.6 Å². The maximum absolute atomic E-state index is 13.0. The highest BCUT2D eigenvalue weighted by Gasteiger charge is 2.53. The van der Waals surface area contributed by atoms with Crippen molar-refractivity contribution in [3.05, 3.63) is 35.2 Å². The fourth-order valence-corrected chi connectivity index (χ4v) is 4.61. The number of amides is 3. The Bertz CT molecular complexity index is 1050. The van der Waals surface area contributed by atoms with Crippen LogP contribution in [0.15, 0.2) is 28.8 Å².